The van der Waals surface area contributed by atoms with Crippen molar-refractivity contribution >= 4 is 0 Å². The summed E-state index contributed by atoms with van der Waals surface area (Å²) in [5, 5.41) is 3.48. The average Bonchev–Trinajstić information content (AvgIpc) is 3.23. The van der Waals surface area contributed by atoms with Gasteiger partial charge < -0.3 is 5.32 Å². The Bertz CT molecular complexity index is 246. The first kappa shape index (κ1) is 11.9. The van der Waals surface area contributed by atoms with Gasteiger partial charge in [0, 0.05) is 31.7 Å². The quantitative estimate of drug-likeness (QED) is 0.794. The van der Waals surface area contributed by atoms with Crippen LogP contribution in [0.4, 0.5) is 0 Å². The van der Waals surface area contributed by atoms with Gasteiger partial charge in [-0.25, -0.2) is 0 Å². The molecule has 0 spiro atoms. The highest BCUT2D eigenvalue weighted by molar-refractivity contribution is 4.95. The van der Waals surface area contributed by atoms with Crippen LogP contribution < -0.4 is 5.32 Å². The second kappa shape index (κ2) is 5.25. The Morgan fingerprint density at radius 1 is 1.06 bits per heavy atom. The van der Waals surface area contributed by atoms with Crippen molar-refractivity contribution in [3.05, 3.63) is 0 Å². The summed E-state index contributed by atoms with van der Waals surface area (Å²) in [4.78, 5) is 5.53. The lowest BCUT2D eigenvalue weighted by atomic mass is 10.00. The second-order valence-corrected chi connectivity index (χ2v) is 6.01. The third-order valence-corrected chi connectivity index (χ3v) is 4.96. The number of nitrogens with zero attached hydrogens (tertiary/aromatic N) is 2. The lowest BCUT2D eigenvalue weighted by Gasteiger charge is -2.45. The van der Waals surface area contributed by atoms with Crippen LogP contribution in [0.5, 0.6) is 0 Å². The molecule has 2 heterocycles. The van der Waals surface area contributed by atoms with Gasteiger partial charge in [-0.3, -0.25) is 9.80 Å². The number of rotatable bonds is 3. The lowest BCUT2D eigenvalue weighted by Crippen LogP contribution is -2.57. The number of hydrogen-bond donors (Lipinski definition) is 1. The molecule has 98 valence electrons. The zero-order valence-corrected chi connectivity index (χ0v) is 11.2. The Hall–Kier alpha value is -0.120. The standard InChI is InChI=1S/C14H27N3/c1-2-16-9-10-17(11-14(16)12-3-4-12)13-5-7-15-8-6-13/h12-15H,2-11H2,1H3. The number of piperazine rings is 1. The molecule has 0 radical (unpaired) electrons. The molecule has 1 atom stereocenters. The predicted octanol–water partition coefficient (Wildman–Crippen LogP) is 1.15. The van der Waals surface area contributed by atoms with Gasteiger partial charge in [0.1, 0.15) is 0 Å². The summed E-state index contributed by atoms with van der Waals surface area (Å²) < 4.78 is 0. The Kier molecular flexibility index (Phi) is 3.69. The summed E-state index contributed by atoms with van der Waals surface area (Å²) in [6.45, 7) is 10.0. The highest BCUT2D eigenvalue weighted by Gasteiger charge is 2.39. The molecule has 1 aliphatic carbocycles. The van der Waals surface area contributed by atoms with Crippen molar-refractivity contribution in [3.8, 4) is 0 Å². The number of hydrogen-bond acceptors (Lipinski definition) is 3. The molecule has 3 heteroatoms. The van der Waals surface area contributed by atoms with E-state index in [1.165, 1.54) is 65.0 Å². The number of nitrogens with one attached hydrogen (secondary N) is 1. The van der Waals surface area contributed by atoms with Crippen LogP contribution in [0.3, 0.4) is 0 Å². The molecule has 0 aromatic heterocycles. The fourth-order valence-electron chi connectivity index (χ4n) is 3.69. The average molecular weight is 237 g/mol. The molecule has 0 bridgehead atoms. The van der Waals surface area contributed by atoms with Gasteiger partial charge in [-0.1, -0.05) is 6.92 Å². The molecule has 2 aliphatic heterocycles. The Morgan fingerprint density at radius 2 is 1.82 bits per heavy atom. The monoisotopic (exact) mass is 237 g/mol. The zero-order chi connectivity index (χ0) is 11.7. The SMILES string of the molecule is CCN1CCN(C2CCNCC2)CC1C1CC1. The minimum atomic E-state index is 0.872. The summed E-state index contributed by atoms with van der Waals surface area (Å²) >= 11 is 0. The summed E-state index contributed by atoms with van der Waals surface area (Å²) in [6, 6.07) is 1.75. The van der Waals surface area contributed by atoms with E-state index in [-0.39, 0.29) is 0 Å². The molecule has 0 aromatic carbocycles. The summed E-state index contributed by atoms with van der Waals surface area (Å²) in [6.07, 6.45) is 5.70. The minimum absolute atomic E-state index is 0.872. The molecule has 3 aliphatic rings. The van der Waals surface area contributed by atoms with Crippen LogP contribution in [0.2, 0.25) is 0 Å². The maximum Gasteiger partial charge on any atom is 0.0251 e. The molecule has 1 unspecified atom stereocenters. The Labute approximate surface area is 106 Å². The van der Waals surface area contributed by atoms with Crippen LogP contribution in [-0.2, 0) is 0 Å². The largest absolute Gasteiger partial charge is 0.317 e. The molecule has 1 N–H and O–H groups in total. The first-order valence-corrected chi connectivity index (χ1v) is 7.57. The van der Waals surface area contributed by atoms with Gasteiger partial charge in [-0.2, -0.15) is 0 Å². The highest BCUT2D eigenvalue weighted by atomic mass is 15.3. The molecule has 3 fully saturated rings. The molecule has 0 aromatic rings. The van der Waals surface area contributed by atoms with Gasteiger partial charge in [0.2, 0.25) is 0 Å². The van der Waals surface area contributed by atoms with E-state index in [1.807, 2.05) is 0 Å². The number of piperidine rings is 1. The van der Waals surface area contributed by atoms with Gasteiger partial charge >= 0.3 is 0 Å². The zero-order valence-electron chi connectivity index (χ0n) is 11.2. The molecule has 3 nitrogen and oxygen atoms in total. The molecule has 2 saturated heterocycles. The van der Waals surface area contributed by atoms with E-state index in [2.05, 4.69) is 22.0 Å². The summed E-state index contributed by atoms with van der Waals surface area (Å²) in [5.74, 6) is 1.03. The van der Waals surface area contributed by atoms with Crippen LogP contribution >= 0.6 is 0 Å². The maximum atomic E-state index is 3.48. The van der Waals surface area contributed by atoms with Crippen molar-refractivity contribution < 1.29 is 0 Å². The molecule has 17 heavy (non-hydrogen) atoms. The Morgan fingerprint density at radius 3 is 2.47 bits per heavy atom. The van der Waals surface area contributed by atoms with E-state index >= 15 is 0 Å². The van der Waals surface area contributed by atoms with Gasteiger partial charge in [0.05, 0.1) is 0 Å². The van der Waals surface area contributed by atoms with E-state index in [0.29, 0.717) is 0 Å². The van der Waals surface area contributed by atoms with Crippen LogP contribution in [0.25, 0.3) is 0 Å². The van der Waals surface area contributed by atoms with Crippen LogP contribution in [0, 0.1) is 5.92 Å². The fourth-order valence-corrected chi connectivity index (χ4v) is 3.69. The van der Waals surface area contributed by atoms with Crippen molar-refractivity contribution in [2.45, 2.75) is 44.7 Å². The predicted molar refractivity (Wildman–Crippen MR) is 71.2 cm³/mol. The van der Waals surface area contributed by atoms with E-state index in [4.69, 9.17) is 0 Å². The van der Waals surface area contributed by atoms with Crippen LogP contribution in [-0.4, -0.2) is 61.2 Å². The van der Waals surface area contributed by atoms with E-state index in [9.17, 15) is 0 Å². The van der Waals surface area contributed by atoms with E-state index in [1.54, 1.807) is 0 Å². The van der Waals surface area contributed by atoms with Crippen molar-refractivity contribution in [1.29, 1.82) is 0 Å². The normalized spacial score (nSPS) is 34.1. The maximum absolute atomic E-state index is 3.48. The van der Waals surface area contributed by atoms with Gasteiger partial charge in [-0.15, -0.1) is 0 Å². The fraction of sp³-hybridized carbons (Fsp3) is 1.00. The van der Waals surface area contributed by atoms with Crippen molar-refractivity contribution in [2.24, 2.45) is 5.92 Å². The third-order valence-electron chi connectivity index (χ3n) is 4.96. The highest BCUT2D eigenvalue weighted by Crippen LogP contribution is 2.37. The van der Waals surface area contributed by atoms with Crippen molar-refractivity contribution in [1.82, 2.24) is 15.1 Å². The van der Waals surface area contributed by atoms with Crippen molar-refractivity contribution in [3.63, 3.8) is 0 Å². The number of likely N-dealkylation sites (N-methyl/N-ethyl adjacent to an activating group) is 1. The summed E-state index contributed by atoms with van der Waals surface area (Å²) in [5.41, 5.74) is 0. The Balaban J connectivity index is 1.59. The molecule has 0 amide bonds. The topological polar surface area (TPSA) is 18.5 Å². The van der Waals surface area contributed by atoms with Crippen molar-refractivity contribution in [2.75, 3.05) is 39.3 Å². The molecule has 1 saturated carbocycles. The first-order chi connectivity index (χ1) is 8.38. The first-order valence-electron chi connectivity index (χ1n) is 7.57. The second-order valence-electron chi connectivity index (χ2n) is 6.01. The van der Waals surface area contributed by atoms with Gasteiger partial charge in [0.25, 0.3) is 0 Å². The third kappa shape index (κ3) is 2.67. The van der Waals surface area contributed by atoms with Crippen LogP contribution in [0.15, 0.2) is 0 Å². The van der Waals surface area contributed by atoms with Gasteiger partial charge in [0.15, 0.2) is 0 Å². The van der Waals surface area contributed by atoms with E-state index in [0.717, 1.165) is 18.0 Å². The lowest BCUT2D eigenvalue weighted by molar-refractivity contribution is 0.0326. The van der Waals surface area contributed by atoms with E-state index < -0.39 is 0 Å². The van der Waals surface area contributed by atoms with Gasteiger partial charge in [-0.05, 0) is 51.2 Å². The molecular formula is C14H27N3. The van der Waals surface area contributed by atoms with Crippen LogP contribution in [0.1, 0.15) is 32.6 Å². The molecule has 3 rings (SSSR count). The molecular weight excluding hydrogens is 210 g/mol. The minimum Gasteiger partial charge on any atom is -0.317 e. The summed E-state index contributed by atoms with van der Waals surface area (Å²) in [7, 11) is 0. The smallest absolute Gasteiger partial charge is 0.0251 e.